The minimum absolute atomic E-state index is 0.758. The number of fused-ring (bicyclic) bond motifs is 2. The van der Waals surface area contributed by atoms with Gasteiger partial charge < -0.3 is 0 Å². The second-order valence-corrected chi connectivity index (χ2v) is 7.72. The third-order valence-electron chi connectivity index (χ3n) is 5.16. The summed E-state index contributed by atoms with van der Waals surface area (Å²) in [5.41, 5.74) is 3.63. The molecule has 2 nitrogen and oxygen atoms in total. The molecule has 0 radical (unpaired) electrons. The molecule has 0 aliphatic heterocycles. The maximum absolute atomic E-state index is 3.72. The summed E-state index contributed by atoms with van der Waals surface area (Å²) in [5, 5.41) is 6.08. The molecule has 4 aromatic carbocycles. The number of halogens is 1. The number of anilines is 1. The molecule has 1 aromatic heterocycles. The summed E-state index contributed by atoms with van der Waals surface area (Å²) in [4.78, 5) is 0. The molecule has 0 spiro atoms. The van der Waals surface area contributed by atoms with Crippen molar-refractivity contribution < 1.29 is 0 Å². The fraction of sp³-hybridized carbons (Fsp3) is 0.0400. The molecule has 0 unspecified atom stereocenters. The standard InChI is InChI=1S/C25H19BrN2/c26-23-13-5-2-10-21(23)18-28(27-17-16-20-9-3-6-14-24(20)27)25-15-7-11-19-8-1-4-12-22(19)25/h1-17H,18H2. The van der Waals surface area contributed by atoms with Crippen LogP contribution in [0.15, 0.2) is 108 Å². The highest BCUT2D eigenvalue weighted by atomic mass is 79.9. The predicted molar refractivity (Wildman–Crippen MR) is 122 cm³/mol. The number of para-hydroxylation sites is 1. The van der Waals surface area contributed by atoms with Crippen LogP contribution >= 0.6 is 15.9 Å². The van der Waals surface area contributed by atoms with Gasteiger partial charge in [0.05, 0.1) is 17.7 Å². The van der Waals surface area contributed by atoms with Crippen molar-refractivity contribution in [2.75, 3.05) is 5.01 Å². The molecule has 0 saturated heterocycles. The first kappa shape index (κ1) is 17.1. The average Bonchev–Trinajstić information content (AvgIpc) is 3.17. The van der Waals surface area contributed by atoms with Gasteiger partial charge in [-0.25, -0.2) is 0 Å². The molecule has 5 aromatic rings. The van der Waals surface area contributed by atoms with Crippen LogP contribution in [0.1, 0.15) is 5.56 Å². The van der Waals surface area contributed by atoms with Crippen LogP contribution in [0.5, 0.6) is 0 Å². The zero-order valence-corrected chi connectivity index (χ0v) is 16.9. The lowest BCUT2D eigenvalue weighted by Gasteiger charge is -2.29. The summed E-state index contributed by atoms with van der Waals surface area (Å²) in [6, 6.07) is 34.2. The highest BCUT2D eigenvalue weighted by Gasteiger charge is 2.16. The number of rotatable bonds is 4. The molecule has 0 N–H and O–H groups in total. The first-order valence-corrected chi connectivity index (χ1v) is 10.2. The number of nitrogens with zero attached hydrogens (tertiary/aromatic N) is 2. The summed E-state index contributed by atoms with van der Waals surface area (Å²) in [6.45, 7) is 0.758. The number of benzene rings is 4. The van der Waals surface area contributed by atoms with Crippen molar-refractivity contribution in [3.63, 3.8) is 0 Å². The Bertz CT molecular complexity index is 1270. The van der Waals surface area contributed by atoms with Gasteiger partial charge in [-0.1, -0.05) is 88.7 Å². The Balaban J connectivity index is 1.74. The van der Waals surface area contributed by atoms with E-state index < -0.39 is 0 Å². The molecule has 28 heavy (non-hydrogen) atoms. The Morgan fingerprint density at radius 3 is 2.29 bits per heavy atom. The van der Waals surface area contributed by atoms with Crippen molar-refractivity contribution >= 4 is 43.3 Å². The Morgan fingerprint density at radius 1 is 0.679 bits per heavy atom. The molecule has 1 heterocycles. The summed E-state index contributed by atoms with van der Waals surface area (Å²) in [6.07, 6.45) is 2.16. The summed E-state index contributed by atoms with van der Waals surface area (Å²) < 4.78 is 3.38. The van der Waals surface area contributed by atoms with E-state index in [1.165, 1.54) is 32.9 Å². The van der Waals surface area contributed by atoms with Gasteiger partial charge in [0.15, 0.2) is 0 Å². The summed E-state index contributed by atoms with van der Waals surface area (Å²) in [7, 11) is 0. The van der Waals surface area contributed by atoms with Gasteiger partial charge in [-0.2, -0.15) is 0 Å². The summed E-state index contributed by atoms with van der Waals surface area (Å²) in [5.74, 6) is 0. The van der Waals surface area contributed by atoms with Crippen LogP contribution in [-0.4, -0.2) is 4.68 Å². The Labute approximate surface area is 172 Å². The first-order valence-electron chi connectivity index (χ1n) is 9.36. The molecule has 0 aliphatic rings. The van der Waals surface area contributed by atoms with E-state index in [9.17, 15) is 0 Å². The number of hydrogen-bond donors (Lipinski definition) is 0. The molecule has 5 rings (SSSR count). The largest absolute Gasteiger partial charge is 0.276 e. The van der Waals surface area contributed by atoms with Crippen molar-refractivity contribution in [3.05, 3.63) is 113 Å². The number of hydrogen-bond acceptors (Lipinski definition) is 1. The van der Waals surface area contributed by atoms with Gasteiger partial charge in [0.1, 0.15) is 0 Å². The van der Waals surface area contributed by atoms with Crippen molar-refractivity contribution in [3.8, 4) is 0 Å². The van der Waals surface area contributed by atoms with E-state index in [-0.39, 0.29) is 0 Å². The van der Waals surface area contributed by atoms with E-state index in [0.717, 1.165) is 11.0 Å². The van der Waals surface area contributed by atoms with Gasteiger partial charge in [0, 0.05) is 21.4 Å². The van der Waals surface area contributed by atoms with Crippen LogP contribution in [0, 0.1) is 0 Å². The third-order valence-corrected chi connectivity index (χ3v) is 5.94. The number of aromatic nitrogens is 1. The van der Waals surface area contributed by atoms with E-state index in [4.69, 9.17) is 0 Å². The molecular formula is C25H19BrN2. The smallest absolute Gasteiger partial charge is 0.0698 e. The maximum Gasteiger partial charge on any atom is 0.0698 e. The van der Waals surface area contributed by atoms with Crippen molar-refractivity contribution in [1.29, 1.82) is 0 Å². The SMILES string of the molecule is Brc1ccccc1CN(c1cccc2ccccc12)n1ccc2ccccc21. The van der Waals surface area contributed by atoms with E-state index in [1.807, 2.05) is 0 Å². The van der Waals surface area contributed by atoms with Crippen LogP contribution in [0.25, 0.3) is 21.7 Å². The molecule has 0 amide bonds. The van der Waals surface area contributed by atoms with Crippen molar-refractivity contribution in [2.24, 2.45) is 0 Å². The van der Waals surface area contributed by atoms with Gasteiger partial charge in [0.25, 0.3) is 0 Å². The van der Waals surface area contributed by atoms with E-state index in [2.05, 4.69) is 129 Å². The molecule has 0 atom stereocenters. The van der Waals surface area contributed by atoms with Gasteiger partial charge in [0.2, 0.25) is 0 Å². The fourth-order valence-electron chi connectivity index (χ4n) is 3.78. The Morgan fingerprint density at radius 2 is 1.39 bits per heavy atom. The van der Waals surface area contributed by atoms with Crippen LogP contribution in [-0.2, 0) is 6.54 Å². The van der Waals surface area contributed by atoms with E-state index in [1.54, 1.807) is 0 Å². The topological polar surface area (TPSA) is 8.17 Å². The Kier molecular flexibility index (Phi) is 4.38. The van der Waals surface area contributed by atoms with Gasteiger partial charge >= 0.3 is 0 Å². The fourth-order valence-corrected chi connectivity index (χ4v) is 4.19. The second kappa shape index (κ2) is 7.17. The average molecular weight is 427 g/mol. The highest BCUT2D eigenvalue weighted by Crippen LogP contribution is 2.31. The second-order valence-electron chi connectivity index (χ2n) is 6.87. The van der Waals surface area contributed by atoms with Crippen molar-refractivity contribution in [2.45, 2.75) is 6.54 Å². The minimum Gasteiger partial charge on any atom is -0.276 e. The molecule has 0 fully saturated rings. The van der Waals surface area contributed by atoms with Crippen molar-refractivity contribution in [1.82, 2.24) is 4.68 Å². The molecule has 0 bridgehead atoms. The van der Waals surface area contributed by atoms with Crippen LogP contribution < -0.4 is 5.01 Å². The van der Waals surface area contributed by atoms with Crippen LogP contribution in [0.4, 0.5) is 5.69 Å². The Hall–Kier alpha value is -3.04. The minimum atomic E-state index is 0.758. The predicted octanol–water partition coefficient (Wildman–Crippen LogP) is 7.03. The van der Waals surface area contributed by atoms with Crippen LogP contribution in [0.3, 0.4) is 0 Å². The molecule has 136 valence electrons. The van der Waals surface area contributed by atoms with Gasteiger partial charge in [-0.3, -0.25) is 9.69 Å². The quantitative estimate of drug-likeness (QED) is 0.299. The zero-order chi connectivity index (χ0) is 18.9. The summed E-state index contributed by atoms with van der Waals surface area (Å²) >= 11 is 3.72. The molecule has 3 heteroatoms. The highest BCUT2D eigenvalue weighted by molar-refractivity contribution is 9.10. The monoisotopic (exact) mass is 426 g/mol. The van der Waals surface area contributed by atoms with E-state index >= 15 is 0 Å². The molecular weight excluding hydrogens is 408 g/mol. The zero-order valence-electron chi connectivity index (χ0n) is 15.3. The van der Waals surface area contributed by atoms with Gasteiger partial charge in [-0.05, 0) is 35.2 Å². The van der Waals surface area contributed by atoms with Crippen LogP contribution in [0.2, 0.25) is 0 Å². The van der Waals surface area contributed by atoms with Gasteiger partial charge in [-0.15, -0.1) is 0 Å². The van der Waals surface area contributed by atoms with E-state index in [0.29, 0.717) is 0 Å². The lowest BCUT2D eigenvalue weighted by molar-refractivity contribution is 0.715. The third kappa shape index (κ3) is 2.98. The normalized spacial score (nSPS) is 11.2. The lowest BCUT2D eigenvalue weighted by Crippen LogP contribution is -2.28. The first-order chi connectivity index (χ1) is 13.8. The molecule has 0 saturated carbocycles. The lowest BCUT2D eigenvalue weighted by atomic mass is 10.1. The maximum atomic E-state index is 3.72. The molecule has 0 aliphatic carbocycles.